The molecule has 2 aromatic carbocycles. The summed E-state index contributed by atoms with van der Waals surface area (Å²) >= 11 is 0. The number of benzene rings is 2. The zero-order valence-corrected chi connectivity index (χ0v) is 14.8. The van der Waals surface area contributed by atoms with Gasteiger partial charge in [-0.2, -0.15) is 13.2 Å². The molecule has 0 atom stereocenters. The molecule has 0 bridgehead atoms. The van der Waals surface area contributed by atoms with Crippen LogP contribution in [0, 0.1) is 12.3 Å². The first kappa shape index (κ1) is 21.4. The highest BCUT2D eigenvalue weighted by Gasteiger charge is 2.30. The summed E-state index contributed by atoms with van der Waals surface area (Å²) in [7, 11) is 0. The summed E-state index contributed by atoms with van der Waals surface area (Å²) in [6, 6.07) is 8.88. The maximum absolute atomic E-state index is 12.9. The van der Waals surface area contributed by atoms with Crippen LogP contribution in [0.4, 0.5) is 39.8 Å². The number of hydrogen-bond donors (Lipinski definition) is 4. The van der Waals surface area contributed by atoms with Crippen molar-refractivity contribution in [3.8, 4) is 12.3 Å². The quantitative estimate of drug-likeness (QED) is 0.527. The summed E-state index contributed by atoms with van der Waals surface area (Å²) in [5.74, 6) is 2.40. The van der Waals surface area contributed by atoms with E-state index in [9.17, 15) is 22.8 Å². The molecule has 29 heavy (non-hydrogen) atoms. The SMILES string of the molecule is C#CCN(Cc1cccc(C(F)(F)F)c1)c1ccc(NC(=O)O)c(NC(=O)O)c1. The highest BCUT2D eigenvalue weighted by Crippen LogP contribution is 2.31. The molecule has 2 rings (SSSR count). The first-order valence-corrected chi connectivity index (χ1v) is 8.08. The number of hydrogen-bond acceptors (Lipinski definition) is 3. The number of nitrogens with zero attached hydrogens (tertiary/aromatic N) is 1. The molecule has 0 saturated carbocycles. The third kappa shape index (κ3) is 6.07. The molecule has 10 heteroatoms. The molecule has 4 N–H and O–H groups in total. The molecule has 0 fully saturated rings. The minimum atomic E-state index is -4.49. The molecular formula is C19H16F3N3O4. The van der Waals surface area contributed by atoms with Gasteiger partial charge in [0, 0.05) is 12.2 Å². The molecule has 0 aliphatic rings. The smallest absolute Gasteiger partial charge is 0.416 e. The van der Waals surface area contributed by atoms with Crippen LogP contribution in [-0.2, 0) is 12.7 Å². The zero-order valence-electron chi connectivity index (χ0n) is 14.8. The standard InChI is InChI=1S/C19H16F3N3O4/c1-2-8-25(11-12-4-3-5-13(9-12)19(20,21)22)14-6-7-15(23-17(26)27)16(10-14)24-18(28)29/h1,3-7,9-10,23-24H,8,11H2,(H,26,27)(H,28,29). The zero-order chi connectivity index (χ0) is 21.6. The number of carboxylic acid groups (broad SMARTS) is 2. The van der Waals surface area contributed by atoms with Crippen LogP contribution in [0.25, 0.3) is 0 Å². The molecule has 2 aromatic rings. The number of terminal acetylenes is 1. The van der Waals surface area contributed by atoms with Crippen molar-refractivity contribution in [2.24, 2.45) is 0 Å². The summed E-state index contributed by atoms with van der Waals surface area (Å²) in [4.78, 5) is 23.4. The Morgan fingerprint density at radius 3 is 2.28 bits per heavy atom. The van der Waals surface area contributed by atoms with E-state index in [4.69, 9.17) is 16.6 Å². The average Bonchev–Trinajstić information content (AvgIpc) is 2.61. The topological polar surface area (TPSA) is 102 Å². The first-order valence-electron chi connectivity index (χ1n) is 8.08. The number of amides is 2. The van der Waals surface area contributed by atoms with Crippen LogP contribution in [0.5, 0.6) is 0 Å². The molecule has 0 heterocycles. The number of alkyl halides is 3. The van der Waals surface area contributed by atoms with Crippen molar-refractivity contribution < 1.29 is 33.0 Å². The van der Waals surface area contributed by atoms with E-state index in [1.54, 1.807) is 4.90 Å². The highest BCUT2D eigenvalue weighted by molar-refractivity contribution is 5.95. The van der Waals surface area contributed by atoms with Gasteiger partial charge in [-0.1, -0.05) is 18.1 Å². The predicted octanol–water partition coefficient (Wildman–Crippen LogP) is 4.53. The fraction of sp³-hybridized carbons (Fsp3) is 0.158. The van der Waals surface area contributed by atoms with E-state index in [-0.39, 0.29) is 24.5 Å². The van der Waals surface area contributed by atoms with E-state index in [0.29, 0.717) is 11.3 Å². The Balaban J connectivity index is 2.38. The van der Waals surface area contributed by atoms with Crippen molar-refractivity contribution in [3.63, 3.8) is 0 Å². The van der Waals surface area contributed by atoms with Crippen LogP contribution >= 0.6 is 0 Å². The minimum absolute atomic E-state index is 0.0108. The maximum Gasteiger partial charge on any atom is 0.416 e. The second kappa shape index (κ2) is 8.88. The number of anilines is 3. The van der Waals surface area contributed by atoms with Crippen molar-refractivity contribution in [2.45, 2.75) is 12.7 Å². The molecule has 0 spiro atoms. The van der Waals surface area contributed by atoms with Crippen LogP contribution in [0.1, 0.15) is 11.1 Å². The van der Waals surface area contributed by atoms with Crippen molar-refractivity contribution >= 4 is 29.2 Å². The Morgan fingerprint density at radius 2 is 1.69 bits per heavy atom. The Morgan fingerprint density at radius 1 is 1.03 bits per heavy atom. The predicted molar refractivity (Wildman–Crippen MR) is 101 cm³/mol. The summed E-state index contributed by atoms with van der Waals surface area (Å²) in [5.41, 5.74) is -0.132. The summed E-state index contributed by atoms with van der Waals surface area (Å²) in [6.07, 6.45) is -1.94. The number of nitrogens with one attached hydrogen (secondary N) is 2. The Labute approximate surface area is 163 Å². The fourth-order valence-corrected chi connectivity index (χ4v) is 2.59. The van der Waals surface area contributed by atoms with Crippen molar-refractivity contribution in [3.05, 3.63) is 53.6 Å². The molecule has 0 saturated heterocycles. The molecular weight excluding hydrogens is 391 g/mol. The Kier molecular flexibility index (Phi) is 6.56. The van der Waals surface area contributed by atoms with E-state index in [1.165, 1.54) is 30.3 Å². The van der Waals surface area contributed by atoms with Gasteiger partial charge >= 0.3 is 18.4 Å². The third-order valence-electron chi connectivity index (χ3n) is 3.76. The van der Waals surface area contributed by atoms with Gasteiger partial charge in [0.2, 0.25) is 0 Å². The summed E-state index contributed by atoms with van der Waals surface area (Å²) in [6.45, 7) is 0.0425. The van der Waals surface area contributed by atoms with Crippen LogP contribution in [0.3, 0.4) is 0 Å². The molecule has 0 aliphatic heterocycles. The lowest BCUT2D eigenvalue weighted by atomic mass is 10.1. The van der Waals surface area contributed by atoms with E-state index >= 15 is 0 Å². The average molecular weight is 407 g/mol. The largest absolute Gasteiger partial charge is 0.465 e. The summed E-state index contributed by atoms with van der Waals surface area (Å²) in [5, 5.41) is 22.0. The molecule has 0 aromatic heterocycles. The normalized spacial score (nSPS) is 10.7. The van der Waals surface area contributed by atoms with Gasteiger partial charge in [-0.15, -0.1) is 6.42 Å². The summed E-state index contributed by atoms with van der Waals surface area (Å²) < 4.78 is 38.8. The first-order chi connectivity index (χ1) is 13.6. The highest BCUT2D eigenvalue weighted by atomic mass is 19.4. The number of halogens is 3. The monoisotopic (exact) mass is 407 g/mol. The van der Waals surface area contributed by atoms with Gasteiger partial charge in [0.25, 0.3) is 0 Å². The molecule has 2 amide bonds. The number of rotatable bonds is 6. The van der Waals surface area contributed by atoms with Crippen molar-refractivity contribution in [1.29, 1.82) is 0 Å². The molecule has 0 unspecified atom stereocenters. The van der Waals surface area contributed by atoms with Crippen LogP contribution in [0.2, 0.25) is 0 Å². The van der Waals surface area contributed by atoms with Gasteiger partial charge in [0.05, 0.1) is 23.5 Å². The van der Waals surface area contributed by atoms with E-state index in [1.807, 2.05) is 0 Å². The second-order valence-corrected chi connectivity index (χ2v) is 5.85. The molecule has 0 aliphatic carbocycles. The van der Waals surface area contributed by atoms with Crippen LogP contribution in [0.15, 0.2) is 42.5 Å². The lowest BCUT2D eigenvalue weighted by molar-refractivity contribution is -0.137. The minimum Gasteiger partial charge on any atom is -0.465 e. The van der Waals surface area contributed by atoms with E-state index in [2.05, 4.69) is 16.6 Å². The Hall–Kier alpha value is -3.87. The molecule has 152 valence electrons. The lowest BCUT2D eigenvalue weighted by Gasteiger charge is -2.24. The van der Waals surface area contributed by atoms with Gasteiger partial charge in [-0.3, -0.25) is 10.6 Å². The van der Waals surface area contributed by atoms with Crippen LogP contribution < -0.4 is 15.5 Å². The van der Waals surface area contributed by atoms with E-state index in [0.717, 1.165) is 12.1 Å². The maximum atomic E-state index is 12.9. The van der Waals surface area contributed by atoms with Gasteiger partial charge in [-0.05, 0) is 35.9 Å². The number of carbonyl (C=O) groups is 2. The van der Waals surface area contributed by atoms with Gasteiger partial charge in [0.15, 0.2) is 0 Å². The third-order valence-corrected chi connectivity index (χ3v) is 3.76. The molecule has 0 radical (unpaired) electrons. The van der Waals surface area contributed by atoms with Gasteiger partial charge in [0.1, 0.15) is 0 Å². The fourth-order valence-electron chi connectivity index (χ4n) is 2.59. The molecule has 7 nitrogen and oxygen atoms in total. The lowest BCUT2D eigenvalue weighted by Crippen LogP contribution is -2.24. The van der Waals surface area contributed by atoms with Crippen molar-refractivity contribution in [1.82, 2.24) is 0 Å². The second-order valence-electron chi connectivity index (χ2n) is 5.85. The van der Waals surface area contributed by atoms with Gasteiger partial charge in [-0.25, -0.2) is 9.59 Å². The van der Waals surface area contributed by atoms with Gasteiger partial charge < -0.3 is 15.1 Å². The van der Waals surface area contributed by atoms with Crippen LogP contribution in [-0.4, -0.2) is 28.9 Å². The Bertz CT molecular complexity index is 954. The van der Waals surface area contributed by atoms with Crippen molar-refractivity contribution in [2.75, 3.05) is 22.1 Å². The van der Waals surface area contributed by atoms with E-state index < -0.39 is 23.9 Å².